The second-order valence-electron chi connectivity index (χ2n) is 4.55. The molecule has 0 aliphatic carbocycles. The zero-order valence-corrected chi connectivity index (χ0v) is 10.9. The normalized spacial score (nSPS) is 12.3. The van der Waals surface area contributed by atoms with Crippen LogP contribution in [-0.4, -0.2) is 11.9 Å². The van der Waals surface area contributed by atoms with Crippen LogP contribution in [0, 0.1) is 0 Å². The zero-order chi connectivity index (χ0) is 13.7. The molecule has 19 heavy (non-hydrogen) atoms. The molecule has 0 saturated carbocycles. The van der Waals surface area contributed by atoms with E-state index in [9.17, 15) is 4.79 Å². The molecule has 2 aromatic carbocycles. The first-order chi connectivity index (χ1) is 9.18. The van der Waals surface area contributed by atoms with Crippen molar-refractivity contribution in [3.8, 4) is 0 Å². The highest BCUT2D eigenvalue weighted by Gasteiger charge is 2.18. The molecular weight excluding hydrogens is 236 g/mol. The summed E-state index contributed by atoms with van der Waals surface area (Å²) in [5.74, 6) is -0.350. The summed E-state index contributed by atoms with van der Waals surface area (Å²) < 4.78 is 0. The largest absolute Gasteiger partial charge is 0.368 e. The average molecular weight is 254 g/mol. The highest BCUT2D eigenvalue weighted by Crippen LogP contribution is 2.22. The van der Waals surface area contributed by atoms with E-state index in [1.54, 1.807) is 6.92 Å². The van der Waals surface area contributed by atoms with Gasteiger partial charge in [-0.15, -0.1) is 0 Å². The minimum atomic E-state index is -0.384. The molecule has 1 unspecified atom stereocenters. The molecule has 0 fully saturated rings. The first-order valence-electron chi connectivity index (χ1n) is 6.33. The van der Waals surface area contributed by atoms with Gasteiger partial charge in [-0.2, -0.15) is 0 Å². The van der Waals surface area contributed by atoms with Gasteiger partial charge in [-0.3, -0.25) is 10.1 Å². The molecule has 0 radical (unpaired) electrons. The SMILES string of the molecule is CC(NC(c1ccccc1)c1ccccc1)C(N)=O. The van der Waals surface area contributed by atoms with E-state index in [2.05, 4.69) is 5.32 Å². The van der Waals surface area contributed by atoms with E-state index in [-0.39, 0.29) is 18.0 Å². The molecule has 0 aromatic heterocycles. The van der Waals surface area contributed by atoms with Crippen LogP contribution < -0.4 is 11.1 Å². The van der Waals surface area contributed by atoms with Crippen LogP contribution >= 0.6 is 0 Å². The van der Waals surface area contributed by atoms with Gasteiger partial charge in [-0.25, -0.2) is 0 Å². The van der Waals surface area contributed by atoms with Gasteiger partial charge < -0.3 is 5.73 Å². The van der Waals surface area contributed by atoms with Crippen LogP contribution in [0.3, 0.4) is 0 Å². The van der Waals surface area contributed by atoms with E-state index < -0.39 is 0 Å². The number of hydrogen-bond acceptors (Lipinski definition) is 2. The number of amides is 1. The Bertz CT molecular complexity index is 485. The number of hydrogen-bond donors (Lipinski definition) is 2. The van der Waals surface area contributed by atoms with E-state index in [4.69, 9.17) is 5.73 Å². The molecule has 0 aliphatic heterocycles. The van der Waals surface area contributed by atoms with E-state index in [0.29, 0.717) is 0 Å². The fourth-order valence-corrected chi connectivity index (χ4v) is 2.01. The standard InChI is InChI=1S/C16H18N2O/c1-12(16(17)19)18-15(13-8-4-2-5-9-13)14-10-6-3-7-11-14/h2-12,15,18H,1H3,(H2,17,19). The molecule has 3 N–H and O–H groups in total. The molecule has 1 amide bonds. The lowest BCUT2D eigenvalue weighted by Crippen LogP contribution is -2.41. The average Bonchev–Trinajstić information content (AvgIpc) is 2.46. The van der Waals surface area contributed by atoms with Crippen LogP contribution in [-0.2, 0) is 4.79 Å². The fourth-order valence-electron chi connectivity index (χ4n) is 2.01. The second-order valence-corrected chi connectivity index (χ2v) is 4.55. The summed E-state index contributed by atoms with van der Waals surface area (Å²) in [6, 6.07) is 19.6. The van der Waals surface area contributed by atoms with Gasteiger partial charge in [0.1, 0.15) is 0 Å². The third-order valence-electron chi connectivity index (χ3n) is 3.11. The molecule has 3 heteroatoms. The minimum absolute atomic E-state index is 0.0371. The molecule has 0 heterocycles. The summed E-state index contributed by atoms with van der Waals surface area (Å²) in [5.41, 5.74) is 7.56. The van der Waals surface area contributed by atoms with Gasteiger partial charge in [0.2, 0.25) is 5.91 Å². The van der Waals surface area contributed by atoms with Crippen molar-refractivity contribution in [2.45, 2.75) is 19.0 Å². The molecule has 2 aromatic rings. The van der Waals surface area contributed by atoms with Gasteiger partial charge in [-0.05, 0) is 18.1 Å². The summed E-state index contributed by atoms with van der Waals surface area (Å²) in [5, 5.41) is 3.27. The topological polar surface area (TPSA) is 55.1 Å². The number of nitrogens with two attached hydrogens (primary N) is 1. The third-order valence-corrected chi connectivity index (χ3v) is 3.11. The zero-order valence-electron chi connectivity index (χ0n) is 10.9. The summed E-state index contributed by atoms with van der Waals surface area (Å²) >= 11 is 0. The van der Waals surface area contributed by atoms with E-state index in [1.807, 2.05) is 60.7 Å². The van der Waals surface area contributed by atoms with Gasteiger partial charge >= 0.3 is 0 Å². The minimum Gasteiger partial charge on any atom is -0.368 e. The molecule has 0 spiro atoms. The number of carbonyl (C=O) groups excluding carboxylic acids is 1. The van der Waals surface area contributed by atoms with Crippen molar-refractivity contribution in [2.24, 2.45) is 5.73 Å². The monoisotopic (exact) mass is 254 g/mol. The molecule has 0 bridgehead atoms. The Morgan fingerprint density at radius 1 is 0.947 bits per heavy atom. The maximum Gasteiger partial charge on any atom is 0.234 e. The maximum atomic E-state index is 11.3. The number of rotatable bonds is 5. The van der Waals surface area contributed by atoms with Crippen LogP contribution in [0.1, 0.15) is 24.1 Å². The molecule has 2 rings (SSSR count). The van der Waals surface area contributed by atoms with Crippen molar-refractivity contribution < 1.29 is 4.79 Å². The Balaban J connectivity index is 2.32. The smallest absolute Gasteiger partial charge is 0.234 e. The van der Waals surface area contributed by atoms with Crippen molar-refractivity contribution in [1.29, 1.82) is 0 Å². The van der Waals surface area contributed by atoms with Gasteiger partial charge in [0.25, 0.3) is 0 Å². The summed E-state index contributed by atoms with van der Waals surface area (Å²) in [4.78, 5) is 11.3. The number of primary amides is 1. The van der Waals surface area contributed by atoms with E-state index in [0.717, 1.165) is 11.1 Å². The van der Waals surface area contributed by atoms with Gasteiger partial charge in [0.15, 0.2) is 0 Å². The Morgan fingerprint density at radius 3 is 1.74 bits per heavy atom. The Kier molecular flexibility index (Phi) is 4.31. The summed E-state index contributed by atoms with van der Waals surface area (Å²) in [6.07, 6.45) is 0. The lowest BCUT2D eigenvalue weighted by Gasteiger charge is -2.22. The Hall–Kier alpha value is -2.13. The van der Waals surface area contributed by atoms with Crippen molar-refractivity contribution >= 4 is 5.91 Å². The first kappa shape index (κ1) is 13.3. The molecule has 3 nitrogen and oxygen atoms in total. The molecule has 0 saturated heterocycles. The van der Waals surface area contributed by atoms with Crippen LogP contribution in [0.5, 0.6) is 0 Å². The molecule has 98 valence electrons. The first-order valence-corrected chi connectivity index (χ1v) is 6.33. The predicted octanol–water partition coefficient (Wildman–Crippen LogP) is 2.24. The highest BCUT2D eigenvalue weighted by molar-refractivity contribution is 5.79. The number of benzene rings is 2. The van der Waals surface area contributed by atoms with Gasteiger partial charge in [0.05, 0.1) is 12.1 Å². The van der Waals surface area contributed by atoms with Crippen molar-refractivity contribution in [1.82, 2.24) is 5.32 Å². The number of nitrogens with one attached hydrogen (secondary N) is 1. The number of carbonyl (C=O) groups is 1. The van der Waals surface area contributed by atoms with Gasteiger partial charge in [0, 0.05) is 0 Å². The second kappa shape index (κ2) is 6.16. The van der Waals surface area contributed by atoms with E-state index >= 15 is 0 Å². The Labute approximate surface area is 113 Å². The van der Waals surface area contributed by atoms with Crippen LogP contribution in [0.2, 0.25) is 0 Å². The lowest BCUT2D eigenvalue weighted by molar-refractivity contribution is -0.119. The van der Waals surface area contributed by atoms with Crippen LogP contribution in [0.25, 0.3) is 0 Å². The van der Waals surface area contributed by atoms with Gasteiger partial charge in [-0.1, -0.05) is 60.7 Å². The summed E-state index contributed by atoms with van der Waals surface area (Å²) in [6.45, 7) is 1.78. The quantitative estimate of drug-likeness (QED) is 0.859. The lowest BCUT2D eigenvalue weighted by atomic mass is 9.98. The molecule has 1 atom stereocenters. The van der Waals surface area contributed by atoms with Crippen molar-refractivity contribution in [3.05, 3.63) is 71.8 Å². The Morgan fingerprint density at radius 2 is 1.37 bits per heavy atom. The molecule has 0 aliphatic rings. The third kappa shape index (κ3) is 3.42. The molecular formula is C16H18N2O. The van der Waals surface area contributed by atoms with E-state index in [1.165, 1.54) is 0 Å². The van der Waals surface area contributed by atoms with Crippen molar-refractivity contribution in [2.75, 3.05) is 0 Å². The maximum absolute atomic E-state index is 11.3. The highest BCUT2D eigenvalue weighted by atomic mass is 16.1. The van der Waals surface area contributed by atoms with Crippen molar-refractivity contribution in [3.63, 3.8) is 0 Å². The fraction of sp³-hybridized carbons (Fsp3) is 0.188. The predicted molar refractivity (Wildman–Crippen MR) is 76.5 cm³/mol. The van der Waals surface area contributed by atoms with Crippen LogP contribution in [0.4, 0.5) is 0 Å². The summed E-state index contributed by atoms with van der Waals surface area (Å²) in [7, 11) is 0. The van der Waals surface area contributed by atoms with Crippen LogP contribution in [0.15, 0.2) is 60.7 Å².